The molecule has 1 aliphatic rings. The molecular formula is C23H25F3N6O. The maximum atomic E-state index is 13.0. The lowest BCUT2D eigenvalue weighted by Gasteiger charge is -2.30. The molecule has 3 heterocycles. The van der Waals surface area contributed by atoms with Crippen LogP contribution in [0.3, 0.4) is 0 Å². The van der Waals surface area contributed by atoms with Gasteiger partial charge in [0.25, 0.3) is 5.91 Å². The number of hydrogen-bond donors (Lipinski definition) is 3. The number of nitrogens with one attached hydrogen (secondary N) is 3. The number of pyridine rings is 2. The lowest BCUT2D eigenvalue weighted by molar-refractivity contribution is -0.140. The zero-order chi connectivity index (χ0) is 23.6. The Kier molecular flexibility index (Phi) is 6.26. The first-order chi connectivity index (χ1) is 15.8. The van der Waals surface area contributed by atoms with Gasteiger partial charge in [-0.05, 0) is 57.0 Å². The van der Waals surface area contributed by atoms with E-state index in [1.54, 1.807) is 30.5 Å². The summed E-state index contributed by atoms with van der Waals surface area (Å²) >= 11 is 0. The van der Waals surface area contributed by atoms with Crippen LogP contribution in [0.2, 0.25) is 0 Å². The molecule has 10 heteroatoms. The van der Waals surface area contributed by atoms with Gasteiger partial charge in [-0.3, -0.25) is 9.20 Å². The number of halogens is 3. The number of imidazole rings is 1. The molecule has 1 saturated carbocycles. The highest BCUT2D eigenvalue weighted by Crippen LogP contribution is 2.30. The highest BCUT2D eigenvalue weighted by Gasteiger charge is 2.34. The first-order valence-electron chi connectivity index (χ1n) is 10.7. The second kappa shape index (κ2) is 9.13. The Morgan fingerprint density at radius 1 is 1.18 bits per heavy atom. The zero-order valence-electron chi connectivity index (χ0n) is 18.1. The number of anilines is 2. The van der Waals surface area contributed by atoms with E-state index in [1.165, 1.54) is 10.6 Å². The molecule has 1 fully saturated rings. The average Bonchev–Trinajstić information content (AvgIpc) is 3.23. The van der Waals surface area contributed by atoms with Crippen LogP contribution >= 0.6 is 0 Å². The first kappa shape index (κ1) is 22.6. The third kappa shape index (κ3) is 4.94. The van der Waals surface area contributed by atoms with Crippen molar-refractivity contribution in [1.29, 1.82) is 0 Å². The van der Waals surface area contributed by atoms with Crippen LogP contribution in [0.4, 0.5) is 24.8 Å². The van der Waals surface area contributed by atoms with E-state index in [0.717, 1.165) is 37.4 Å². The lowest BCUT2D eigenvalue weighted by Crippen LogP contribution is -2.40. The maximum Gasteiger partial charge on any atom is 0.434 e. The summed E-state index contributed by atoms with van der Waals surface area (Å²) in [6, 6.07) is 6.77. The van der Waals surface area contributed by atoms with E-state index in [9.17, 15) is 18.0 Å². The second-order valence-electron chi connectivity index (χ2n) is 8.11. The molecule has 174 valence electrons. The van der Waals surface area contributed by atoms with Crippen molar-refractivity contribution in [2.75, 3.05) is 10.6 Å². The molecular weight excluding hydrogens is 433 g/mol. The van der Waals surface area contributed by atoms with Crippen LogP contribution in [0, 0.1) is 6.92 Å². The van der Waals surface area contributed by atoms with E-state index in [1.807, 2.05) is 6.92 Å². The molecule has 0 aliphatic heterocycles. The number of hydrogen-bond acceptors (Lipinski definition) is 5. The maximum absolute atomic E-state index is 13.0. The van der Waals surface area contributed by atoms with Crippen LogP contribution in [-0.4, -0.2) is 32.4 Å². The summed E-state index contributed by atoms with van der Waals surface area (Å²) in [6.45, 7) is 5.45. The third-order valence-corrected chi connectivity index (χ3v) is 5.88. The standard InChI is InChI=1S/C23H25F3N6O/c1-3-27-21-14(2)17(11-12-28-21)22(33)30-16-9-7-15(8-10-16)29-19-5-4-6-20-31-18(13-32(19)20)23(24,25)26/h3-6,11-13,15-16,29H,1,7-10H2,2H3,(H,27,28)(H,30,33). The molecule has 3 aromatic rings. The summed E-state index contributed by atoms with van der Waals surface area (Å²) in [5.41, 5.74) is 0.631. The van der Waals surface area contributed by atoms with Gasteiger partial charge in [0, 0.05) is 35.6 Å². The molecule has 33 heavy (non-hydrogen) atoms. The van der Waals surface area contributed by atoms with Crippen LogP contribution in [0.1, 0.15) is 47.3 Å². The number of alkyl halides is 3. The van der Waals surface area contributed by atoms with Crippen molar-refractivity contribution >= 4 is 23.2 Å². The second-order valence-corrected chi connectivity index (χ2v) is 8.11. The van der Waals surface area contributed by atoms with Gasteiger partial charge in [-0.2, -0.15) is 13.2 Å². The highest BCUT2D eigenvalue weighted by atomic mass is 19.4. The van der Waals surface area contributed by atoms with Crippen LogP contribution in [0.15, 0.2) is 49.4 Å². The van der Waals surface area contributed by atoms with Gasteiger partial charge < -0.3 is 16.0 Å². The van der Waals surface area contributed by atoms with Gasteiger partial charge in [-0.25, -0.2) is 9.97 Å². The number of carbonyl (C=O) groups is 1. The minimum absolute atomic E-state index is 0.0276. The van der Waals surface area contributed by atoms with Crippen LogP contribution < -0.4 is 16.0 Å². The molecule has 1 amide bonds. The largest absolute Gasteiger partial charge is 0.434 e. The monoisotopic (exact) mass is 458 g/mol. The smallest absolute Gasteiger partial charge is 0.368 e. The summed E-state index contributed by atoms with van der Waals surface area (Å²) in [6.07, 6.45) is 2.69. The van der Waals surface area contributed by atoms with E-state index in [-0.39, 0.29) is 23.6 Å². The molecule has 7 nitrogen and oxygen atoms in total. The van der Waals surface area contributed by atoms with Crippen molar-refractivity contribution < 1.29 is 18.0 Å². The summed E-state index contributed by atoms with van der Waals surface area (Å²) in [7, 11) is 0. The van der Waals surface area contributed by atoms with Crippen molar-refractivity contribution in [2.24, 2.45) is 0 Å². The number of nitrogens with zero attached hydrogens (tertiary/aromatic N) is 3. The highest BCUT2D eigenvalue weighted by molar-refractivity contribution is 5.96. The van der Waals surface area contributed by atoms with Crippen LogP contribution in [0.25, 0.3) is 5.65 Å². The predicted octanol–water partition coefficient (Wildman–Crippen LogP) is 4.77. The lowest BCUT2D eigenvalue weighted by atomic mass is 9.91. The minimum atomic E-state index is -4.49. The van der Waals surface area contributed by atoms with E-state index in [2.05, 4.69) is 32.5 Å². The fourth-order valence-electron chi connectivity index (χ4n) is 4.14. The van der Waals surface area contributed by atoms with Gasteiger partial charge in [0.15, 0.2) is 5.69 Å². The molecule has 0 spiro atoms. The SMILES string of the molecule is C=CNc1nccc(C(=O)NC2CCC(Nc3cccc4nc(C(F)(F)F)cn34)CC2)c1C. The Bertz CT molecular complexity index is 1160. The quantitative estimate of drug-likeness (QED) is 0.496. The van der Waals surface area contributed by atoms with Gasteiger partial charge in [0.2, 0.25) is 0 Å². The van der Waals surface area contributed by atoms with Crippen molar-refractivity contribution in [2.45, 2.75) is 50.9 Å². The van der Waals surface area contributed by atoms with Crippen molar-refractivity contribution in [3.8, 4) is 0 Å². The first-order valence-corrected chi connectivity index (χ1v) is 10.7. The Hall–Kier alpha value is -3.56. The van der Waals surface area contributed by atoms with Crippen LogP contribution in [-0.2, 0) is 6.18 Å². The van der Waals surface area contributed by atoms with Gasteiger partial charge in [-0.15, -0.1) is 0 Å². The Balaban J connectivity index is 1.37. The number of aromatic nitrogens is 3. The van der Waals surface area contributed by atoms with Gasteiger partial charge >= 0.3 is 6.18 Å². The number of fused-ring (bicyclic) bond motifs is 1. The van der Waals surface area contributed by atoms with Gasteiger partial charge in [-0.1, -0.05) is 12.6 Å². The van der Waals surface area contributed by atoms with E-state index in [4.69, 9.17) is 0 Å². The van der Waals surface area contributed by atoms with Gasteiger partial charge in [0.1, 0.15) is 17.3 Å². The summed E-state index contributed by atoms with van der Waals surface area (Å²) < 4.78 is 40.5. The minimum Gasteiger partial charge on any atom is -0.368 e. The fraction of sp³-hybridized carbons (Fsp3) is 0.348. The van der Waals surface area contributed by atoms with Crippen molar-refractivity contribution in [3.05, 3.63) is 66.3 Å². The molecule has 0 bridgehead atoms. The predicted molar refractivity (Wildman–Crippen MR) is 120 cm³/mol. The summed E-state index contributed by atoms with van der Waals surface area (Å²) in [5.74, 6) is 1.01. The summed E-state index contributed by atoms with van der Waals surface area (Å²) in [4.78, 5) is 20.7. The number of rotatable bonds is 6. The fourth-order valence-corrected chi connectivity index (χ4v) is 4.14. The Labute approximate surface area is 189 Å². The molecule has 3 N–H and O–H groups in total. The van der Waals surface area contributed by atoms with E-state index >= 15 is 0 Å². The molecule has 0 unspecified atom stereocenters. The number of amides is 1. The van der Waals surface area contributed by atoms with E-state index < -0.39 is 11.9 Å². The zero-order valence-corrected chi connectivity index (χ0v) is 18.1. The van der Waals surface area contributed by atoms with Gasteiger partial charge in [0.05, 0.1) is 0 Å². The summed E-state index contributed by atoms with van der Waals surface area (Å²) in [5, 5.41) is 9.35. The topological polar surface area (TPSA) is 83.3 Å². The van der Waals surface area contributed by atoms with Crippen LogP contribution in [0.5, 0.6) is 0 Å². The molecule has 1 aliphatic carbocycles. The molecule has 0 atom stereocenters. The molecule has 0 radical (unpaired) electrons. The average molecular weight is 458 g/mol. The van der Waals surface area contributed by atoms with Crippen molar-refractivity contribution in [3.63, 3.8) is 0 Å². The van der Waals surface area contributed by atoms with E-state index in [0.29, 0.717) is 17.2 Å². The molecule has 0 saturated heterocycles. The molecule has 0 aromatic carbocycles. The van der Waals surface area contributed by atoms with Crippen molar-refractivity contribution in [1.82, 2.24) is 19.7 Å². The normalized spacial score (nSPS) is 18.7. The Morgan fingerprint density at radius 2 is 1.91 bits per heavy atom. The Morgan fingerprint density at radius 3 is 2.61 bits per heavy atom. The third-order valence-electron chi connectivity index (χ3n) is 5.88. The molecule has 4 rings (SSSR count). The molecule has 3 aromatic heterocycles. The number of carbonyl (C=O) groups excluding carboxylic acids is 1.